The minimum absolute atomic E-state index is 0.217. The maximum absolute atomic E-state index is 13.0. The normalized spacial score (nSPS) is 19.6. The number of sulfonamides is 1. The highest BCUT2D eigenvalue weighted by Crippen LogP contribution is 2.33. The predicted octanol–water partition coefficient (Wildman–Crippen LogP) is 4.45. The molecule has 6 nitrogen and oxygen atoms in total. The van der Waals surface area contributed by atoms with Gasteiger partial charge in [0, 0.05) is 37.1 Å². The Morgan fingerprint density at radius 2 is 1.90 bits per heavy atom. The molecule has 9 heteroatoms. The number of pyridine rings is 1. The Morgan fingerprint density at radius 1 is 1.13 bits per heavy atom. The molecule has 2 atom stereocenters. The number of nitrogens with zero attached hydrogens (tertiary/aromatic N) is 2. The summed E-state index contributed by atoms with van der Waals surface area (Å²) >= 11 is 7.50. The van der Waals surface area contributed by atoms with Crippen molar-refractivity contribution in [2.24, 2.45) is 0 Å². The van der Waals surface area contributed by atoms with Crippen molar-refractivity contribution in [2.45, 2.75) is 30.1 Å². The minimum Gasteiger partial charge on any atom is -0.368 e. The Bertz CT molecular complexity index is 1120. The van der Waals surface area contributed by atoms with Crippen molar-refractivity contribution < 1.29 is 8.42 Å². The molecule has 2 aromatic heterocycles. The fourth-order valence-electron chi connectivity index (χ4n) is 3.63. The summed E-state index contributed by atoms with van der Waals surface area (Å²) in [6.07, 6.45) is 1.69. The predicted molar refractivity (Wildman–Crippen MR) is 124 cm³/mol. The van der Waals surface area contributed by atoms with E-state index in [1.54, 1.807) is 30.5 Å². The SMILES string of the molecule is C[C@@H]1CN(c2ccc(Cl)c(NS(=O)(=O)c3ccc(-c4ccccn4)s3)c2)C[C@H](C)N1. The van der Waals surface area contributed by atoms with Gasteiger partial charge >= 0.3 is 0 Å². The number of hydrogen-bond acceptors (Lipinski definition) is 6. The summed E-state index contributed by atoms with van der Waals surface area (Å²) in [5.41, 5.74) is 2.06. The number of piperazine rings is 1. The largest absolute Gasteiger partial charge is 0.368 e. The van der Waals surface area contributed by atoms with E-state index in [-0.39, 0.29) is 4.21 Å². The molecule has 4 rings (SSSR count). The van der Waals surface area contributed by atoms with E-state index in [2.05, 4.69) is 33.8 Å². The van der Waals surface area contributed by atoms with Crippen molar-refractivity contribution in [3.05, 3.63) is 59.8 Å². The van der Waals surface area contributed by atoms with E-state index in [1.807, 2.05) is 24.3 Å². The van der Waals surface area contributed by atoms with Crippen molar-refractivity contribution in [1.82, 2.24) is 10.3 Å². The molecular formula is C21H23ClN4O2S2. The first kappa shape index (κ1) is 21.1. The summed E-state index contributed by atoms with van der Waals surface area (Å²) in [4.78, 5) is 7.31. The van der Waals surface area contributed by atoms with Crippen molar-refractivity contribution in [2.75, 3.05) is 22.7 Å². The lowest BCUT2D eigenvalue weighted by Crippen LogP contribution is -2.54. The summed E-state index contributed by atoms with van der Waals surface area (Å²) in [5.74, 6) is 0. The molecule has 0 aliphatic carbocycles. The second-order valence-electron chi connectivity index (χ2n) is 7.48. The van der Waals surface area contributed by atoms with Gasteiger partial charge in [-0.1, -0.05) is 17.7 Å². The van der Waals surface area contributed by atoms with Crippen LogP contribution in [0.4, 0.5) is 11.4 Å². The van der Waals surface area contributed by atoms with Crippen LogP contribution in [0.25, 0.3) is 10.6 Å². The molecule has 1 fully saturated rings. The maximum Gasteiger partial charge on any atom is 0.271 e. The van der Waals surface area contributed by atoms with Crippen LogP contribution in [0.5, 0.6) is 0 Å². The quantitative estimate of drug-likeness (QED) is 0.586. The van der Waals surface area contributed by atoms with Gasteiger partial charge < -0.3 is 10.2 Å². The monoisotopic (exact) mass is 462 g/mol. The lowest BCUT2D eigenvalue weighted by Gasteiger charge is -2.37. The molecule has 1 aliphatic heterocycles. The van der Waals surface area contributed by atoms with Gasteiger partial charge in [-0.05, 0) is 56.3 Å². The number of rotatable bonds is 5. The van der Waals surface area contributed by atoms with E-state index in [9.17, 15) is 8.42 Å². The number of halogens is 1. The van der Waals surface area contributed by atoms with Gasteiger partial charge in [-0.2, -0.15) is 0 Å². The summed E-state index contributed by atoms with van der Waals surface area (Å²) in [6, 6.07) is 15.1. The molecule has 3 aromatic rings. The van der Waals surface area contributed by atoms with Crippen LogP contribution in [0.15, 0.2) is 58.9 Å². The number of benzene rings is 1. The zero-order valence-corrected chi connectivity index (χ0v) is 19.1. The molecule has 0 bridgehead atoms. The van der Waals surface area contributed by atoms with Crippen LogP contribution in [0, 0.1) is 0 Å². The average molecular weight is 463 g/mol. The van der Waals surface area contributed by atoms with E-state index in [1.165, 1.54) is 11.3 Å². The van der Waals surface area contributed by atoms with Gasteiger partial charge in [-0.3, -0.25) is 9.71 Å². The van der Waals surface area contributed by atoms with Crippen LogP contribution in [0.2, 0.25) is 5.02 Å². The third-order valence-corrected chi connectivity index (χ3v) is 8.18. The lowest BCUT2D eigenvalue weighted by atomic mass is 10.1. The Kier molecular flexibility index (Phi) is 6.02. The van der Waals surface area contributed by atoms with E-state index in [4.69, 9.17) is 11.6 Å². The fourth-order valence-corrected chi connectivity index (χ4v) is 6.21. The standard InChI is InChI=1S/C21H23ClN4O2S2/c1-14-12-26(13-15(2)24-14)16-6-7-17(22)19(11-16)25-30(27,28)21-9-8-20(29-21)18-5-3-4-10-23-18/h3-11,14-15,24-25H,12-13H2,1-2H3/t14-,15+. The number of thiophene rings is 1. The van der Waals surface area contributed by atoms with Crippen molar-refractivity contribution >= 4 is 44.3 Å². The Labute approximate surface area is 186 Å². The maximum atomic E-state index is 13.0. The summed E-state index contributed by atoms with van der Waals surface area (Å²) in [7, 11) is -3.77. The van der Waals surface area contributed by atoms with Gasteiger partial charge in [0.1, 0.15) is 4.21 Å². The van der Waals surface area contributed by atoms with Gasteiger partial charge in [-0.15, -0.1) is 11.3 Å². The molecular weight excluding hydrogens is 440 g/mol. The molecule has 1 aromatic carbocycles. The number of anilines is 2. The summed E-state index contributed by atoms with van der Waals surface area (Å²) in [5, 5.41) is 3.86. The topological polar surface area (TPSA) is 74.3 Å². The molecule has 0 amide bonds. The Morgan fingerprint density at radius 3 is 2.60 bits per heavy atom. The summed E-state index contributed by atoms with van der Waals surface area (Å²) in [6.45, 7) is 5.96. The first-order valence-corrected chi connectivity index (χ1v) is 12.3. The Hall–Kier alpha value is -2.13. The second-order valence-corrected chi connectivity index (χ2v) is 10.9. The summed E-state index contributed by atoms with van der Waals surface area (Å²) < 4.78 is 28.8. The van der Waals surface area contributed by atoms with E-state index >= 15 is 0 Å². The van der Waals surface area contributed by atoms with Crippen LogP contribution in [-0.2, 0) is 10.0 Å². The third kappa shape index (κ3) is 4.62. The number of hydrogen-bond donors (Lipinski definition) is 2. The van der Waals surface area contributed by atoms with E-state index < -0.39 is 10.0 Å². The van der Waals surface area contributed by atoms with Gasteiger partial charge in [0.15, 0.2) is 0 Å². The third-order valence-electron chi connectivity index (χ3n) is 4.88. The highest BCUT2D eigenvalue weighted by molar-refractivity contribution is 7.94. The fraction of sp³-hybridized carbons (Fsp3) is 0.286. The van der Waals surface area contributed by atoms with Crippen LogP contribution >= 0.6 is 22.9 Å². The Balaban J connectivity index is 1.58. The first-order valence-electron chi connectivity index (χ1n) is 9.66. The molecule has 1 aliphatic rings. The second kappa shape index (κ2) is 8.55. The number of aromatic nitrogens is 1. The molecule has 1 saturated heterocycles. The highest BCUT2D eigenvalue weighted by Gasteiger charge is 2.23. The molecule has 158 valence electrons. The van der Waals surface area contributed by atoms with E-state index in [0.717, 1.165) is 29.3 Å². The van der Waals surface area contributed by atoms with E-state index in [0.29, 0.717) is 22.8 Å². The van der Waals surface area contributed by atoms with Crippen LogP contribution in [0.3, 0.4) is 0 Å². The van der Waals surface area contributed by atoms with Gasteiger partial charge in [-0.25, -0.2) is 8.42 Å². The molecule has 0 saturated carbocycles. The molecule has 2 N–H and O–H groups in total. The van der Waals surface area contributed by atoms with Gasteiger partial charge in [0.25, 0.3) is 10.0 Å². The van der Waals surface area contributed by atoms with Crippen LogP contribution in [-0.4, -0.2) is 38.6 Å². The first-order chi connectivity index (χ1) is 14.3. The van der Waals surface area contributed by atoms with Crippen molar-refractivity contribution in [3.8, 4) is 10.6 Å². The van der Waals surface area contributed by atoms with Crippen molar-refractivity contribution in [1.29, 1.82) is 0 Å². The smallest absolute Gasteiger partial charge is 0.271 e. The molecule has 30 heavy (non-hydrogen) atoms. The van der Waals surface area contributed by atoms with Crippen LogP contribution < -0.4 is 14.9 Å². The molecule has 0 radical (unpaired) electrons. The zero-order chi connectivity index (χ0) is 21.3. The average Bonchev–Trinajstić information content (AvgIpc) is 3.21. The van der Waals surface area contributed by atoms with Crippen LogP contribution in [0.1, 0.15) is 13.8 Å². The highest BCUT2D eigenvalue weighted by atomic mass is 35.5. The zero-order valence-electron chi connectivity index (χ0n) is 16.7. The number of nitrogens with one attached hydrogen (secondary N) is 2. The lowest BCUT2D eigenvalue weighted by molar-refractivity contribution is 0.407. The molecule has 0 unspecified atom stereocenters. The van der Waals surface area contributed by atoms with Crippen molar-refractivity contribution in [3.63, 3.8) is 0 Å². The van der Waals surface area contributed by atoms with Gasteiger partial charge in [0.2, 0.25) is 0 Å². The molecule has 3 heterocycles. The molecule has 0 spiro atoms. The van der Waals surface area contributed by atoms with Gasteiger partial charge in [0.05, 0.1) is 21.3 Å². The minimum atomic E-state index is -3.77.